The maximum Gasteiger partial charge on any atom is 1.00 e. The molecule has 1 aromatic rings. The van der Waals surface area contributed by atoms with E-state index in [4.69, 9.17) is 4.74 Å². The second-order valence-electron chi connectivity index (χ2n) is 2.43. The molecule has 68 valence electrons. The van der Waals surface area contributed by atoms with Crippen LogP contribution in [0.4, 0.5) is 0 Å². The van der Waals surface area contributed by atoms with Crippen molar-refractivity contribution in [1.82, 2.24) is 0 Å². The summed E-state index contributed by atoms with van der Waals surface area (Å²) in [4.78, 5) is 10.1. The molecule has 0 saturated heterocycles. The molecule has 0 spiro atoms. The van der Waals surface area contributed by atoms with Gasteiger partial charge in [-0.05, 0) is 23.8 Å². The van der Waals surface area contributed by atoms with E-state index in [0.29, 0.717) is 0 Å². The van der Waals surface area contributed by atoms with Gasteiger partial charge in [-0.25, -0.2) is 0 Å². The third-order valence-corrected chi connectivity index (χ3v) is 1.53. The van der Waals surface area contributed by atoms with Crippen LogP contribution in [0.1, 0.15) is 5.56 Å². The third-order valence-electron chi connectivity index (χ3n) is 1.53. The SMILES string of the molecule is COc1ccc(C=CC(=O)[O-])cc1.[Na+]. The van der Waals surface area contributed by atoms with Crippen molar-refractivity contribution in [3.8, 4) is 5.75 Å². The van der Waals surface area contributed by atoms with Crippen LogP contribution >= 0.6 is 0 Å². The van der Waals surface area contributed by atoms with Crippen molar-refractivity contribution < 1.29 is 44.2 Å². The molecule has 0 atom stereocenters. The molecule has 14 heavy (non-hydrogen) atoms. The van der Waals surface area contributed by atoms with Crippen LogP contribution in [0.5, 0.6) is 5.75 Å². The molecular weight excluding hydrogens is 191 g/mol. The Bertz CT molecular complexity index is 317. The van der Waals surface area contributed by atoms with E-state index in [-0.39, 0.29) is 29.6 Å². The molecule has 3 nitrogen and oxygen atoms in total. The van der Waals surface area contributed by atoms with Crippen molar-refractivity contribution in [2.75, 3.05) is 7.11 Å². The zero-order valence-corrected chi connectivity index (χ0v) is 10.2. The number of hydrogen-bond acceptors (Lipinski definition) is 3. The molecule has 0 saturated carbocycles. The molecule has 1 aromatic carbocycles. The minimum absolute atomic E-state index is 0. The third kappa shape index (κ3) is 4.46. The van der Waals surface area contributed by atoms with E-state index >= 15 is 0 Å². The zero-order valence-electron chi connectivity index (χ0n) is 8.19. The van der Waals surface area contributed by atoms with Gasteiger partial charge in [-0.3, -0.25) is 0 Å². The van der Waals surface area contributed by atoms with Gasteiger partial charge in [0.1, 0.15) is 5.75 Å². The summed E-state index contributed by atoms with van der Waals surface area (Å²) in [7, 11) is 1.58. The van der Waals surface area contributed by atoms with E-state index in [0.717, 1.165) is 17.4 Å². The topological polar surface area (TPSA) is 49.4 Å². The first-order valence-electron chi connectivity index (χ1n) is 3.75. The molecule has 0 aliphatic rings. The second kappa shape index (κ2) is 6.65. The van der Waals surface area contributed by atoms with Crippen molar-refractivity contribution in [1.29, 1.82) is 0 Å². The molecule has 0 bridgehead atoms. The Morgan fingerprint density at radius 3 is 2.36 bits per heavy atom. The van der Waals surface area contributed by atoms with Gasteiger partial charge in [-0.2, -0.15) is 0 Å². The quantitative estimate of drug-likeness (QED) is 0.399. The fourth-order valence-corrected chi connectivity index (χ4v) is 0.879. The van der Waals surface area contributed by atoms with Crippen LogP contribution in [0.2, 0.25) is 0 Å². The number of carbonyl (C=O) groups is 1. The van der Waals surface area contributed by atoms with Gasteiger partial charge in [0.05, 0.1) is 13.1 Å². The average Bonchev–Trinajstić information content (AvgIpc) is 2.15. The van der Waals surface area contributed by atoms with Crippen LogP contribution in [0.3, 0.4) is 0 Å². The first kappa shape index (κ1) is 13.2. The van der Waals surface area contributed by atoms with E-state index in [9.17, 15) is 9.90 Å². The number of carboxylic acids is 1. The van der Waals surface area contributed by atoms with Gasteiger partial charge in [-0.1, -0.05) is 18.2 Å². The maximum atomic E-state index is 10.1. The Hall–Kier alpha value is -0.770. The molecule has 0 unspecified atom stereocenters. The average molecular weight is 200 g/mol. The fraction of sp³-hybridized carbons (Fsp3) is 0.100. The van der Waals surface area contributed by atoms with Crippen LogP contribution in [-0.2, 0) is 4.79 Å². The molecule has 1 rings (SSSR count). The summed E-state index contributed by atoms with van der Waals surface area (Å²) in [5.41, 5.74) is 0.796. The predicted octanol–water partition coefficient (Wildman–Crippen LogP) is -2.54. The number of ether oxygens (including phenoxy) is 1. The molecule has 0 N–H and O–H groups in total. The van der Waals surface area contributed by atoms with Gasteiger partial charge in [-0.15, -0.1) is 0 Å². The Balaban J connectivity index is 0.00000169. The van der Waals surface area contributed by atoms with Crippen LogP contribution < -0.4 is 39.4 Å². The summed E-state index contributed by atoms with van der Waals surface area (Å²) in [6, 6.07) is 7.04. The van der Waals surface area contributed by atoms with Gasteiger partial charge in [0.25, 0.3) is 0 Å². The van der Waals surface area contributed by atoms with Crippen LogP contribution in [0, 0.1) is 0 Å². The first-order valence-corrected chi connectivity index (χ1v) is 3.75. The number of carbonyl (C=O) groups excluding carboxylic acids is 1. The number of rotatable bonds is 3. The van der Waals surface area contributed by atoms with Gasteiger partial charge in [0, 0.05) is 0 Å². The summed E-state index contributed by atoms with van der Waals surface area (Å²) in [5.74, 6) is -0.457. The fourth-order valence-electron chi connectivity index (χ4n) is 0.879. The smallest absolute Gasteiger partial charge is 0.545 e. The molecular formula is C10H9NaO3. The Morgan fingerprint density at radius 1 is 1.36 bits per heavy atom. The summed E-state index contributed by atoms with van der Waals surface area (Å²) < 4.78 is 4.94. The summed E-state index contributed by atoms with van der Waals surface area (Å²) in [5, 5.41) is 10.1. The van der Waals surface area contributed by atoms with Crippen molar-refractivity contribution in [3.63, 3.8) is 0 Å². The van der Waals surface area contributed by atoms with E-state index in [1.807, 2.05) is 0 Å². The summed E-state index contributed by atoms with van der Waals surface area (Å²) in [6.45, 7) is 0. The molecule has 0 amide bonds. The maximum absolute atomic E-state index is 10.1. The van der Waals surface area contributed by atoms with Crippen molar-refractivity contribution in [3.05, 3.63) is 35.9 Å². The summed E-state index contributed by atoms with van der Waals surface area (Å²) in [6.07, 6.45) is 2.45. The molecule has 0 aliphatic carbocycles. The molecule has 0 aliphatic heterocycles. The van der Waals surface area contributed by atoms with E-state index in [1.54, 1.807) is 31.4 Å². The van der Waals surface area contributed by atoms with E-state index in [2.05, 4.69) is 0 Å². The van der Waals surface area contributed by atoms with Gasteiger partial charge in [0.2, 0.25) is 0 Å². The number of methoxy groups -OCH3 is 1. The second-order valence-corrected chi connectivity index (χ2v) is 2.43. The van der Waals surface area contributed by atoms with Crippen LogP contribution in [0.15, 0.2) is 30.3 Å². The Labute approximate surface area is 105 Å². The Kier molecular flexibility index (Phi) is 6.28. The predicted molar refractivity (Wildman–Crippen MR) is 47.0 cm³/mol. The number of carboxylic acid groups (broad SMARTS) is 1. The number of aliphatic carboxylic acids is 1. The van der Waals surface area contributed by atoms with Crippen LogP contribution in [-0.4, -0.2) is 13.1 Å². The molecule has 0 aromatic heterocycles. The van der Waals surface area contributed by atoms with Crippen molar-refractivity contribution >= 4 is 12.0 Å². The standard InChI is InChI=1S/C10H10O3.Na/c1-13-9-5-2-8(3-6-9)4-7-10(11)12;/h2-7H,1H3,(H,11,12);/q;+1/p-1. The van der Waals surface area contributed by atoms with Gasteiger partial charge in [0.15, 0.2) is 0 Å². The normalized spacial score (nSPS) is 9.50. The Morgan fingerprint density at radius 2 is 1.93 bits per heavy atom. The van der Waals surface area contributed by atoms with Crippen LogP contribution in [0.25, 0.3) is 6.08 Å². The van der Waals surface area contributed by atoms with Crippen molar-refractivity contribution in [2.45, 2.75) is 0 Å². The van der Waals surface area contributed by atoms with E-state index < -0.39 is 5.97 Å². The zero-order chi connectivity index (χ0) is 9.68. The first-order chi connectivity index (χ1) is 6.22. The summed E-state index contributed by atoms with van der Waals surface area (Å²) >= 11 is 0. The minimum Gasteiger partial charge on any atom is -0.545 e. The largest absolute Gasteiger partial charge is 1.00 e. The number of hydrogen-bond donors (Lipinski definition) is 0. The van der Waals surface area contributed by atoms with Gasteiger partial charge >= 0.3 is 29.6 Å². The molecule has 4 heteroatoms. The van der Waals surface area contributed by atoms with Crippen molar-refractivity contribution in [2.24, 2.45) is 0 Å². The minimum atomic E-state index is -1.20. The molecule has 0 heterocycles. The number of benzene rings is 1. The van der Waals surface area contributed by atoms with E-state index in [1.165, 1.54) is 6.08 Å². The monoisotopic (exact) mass is 200 g/mol. The van der Waals surface area contributed by atoms with Gasteiger partial charge < -0.3 is 14.6 Å². The molecule has 0 radical (unpaired) electrons. The molecule has 0 fully saturated rings.